The Bertz CT molecular complexity index is 926. The van der Waals surface area contributed by atoms with Crippen LogP contribution in [0.15, 0.2) is 48.5 Å². The molecule has 2 aromatic carbocycles. The first-order valence-corrected chi connectivity index (χ1v) is 7.53. The van der Waals surface area contributed by atoms with E-state index in [0.29, 0.717) is 29.1 Å². The molecule has 0 unspecified atom stereocenters. The number of nitrogens with two attached hydrogens (primary N) is 1. The number of nitrogen functional groups attached to an aromatic ring is 1. The Morgan fingerprint density at radius 1 is 1.12 bits per heavy atom. The smallest absolute Gasteiger partial charge is 0.255 e. The second-order valence-electron chi connectivity index (χ2n) is 5.49. The molecule has 2 heterocycles. The van der Waals surface area contributed by atoms with Gasteiger partial charge in [0.2, 0.25) is 6.79 Å². The average molecular weight is 321 g/mol. The highest BCUT2D eigenvalue weighted by Gasteiger charge is 2.18. The highest BCUT2D eigenvalue weighted by molar-refractivity contribution is 6.02. The fourth-order valence-corrected chi connectivity index (χ4v) is 2.63. The van der Waals surface area contributed by atoms with Gasteiger partial charge in [0.15, 0.2) is 11.5 Å². The Morgan fingerprint density at radius 2 is 1.88 bits per heavy atom. The maximum atomic E-state index is 12.4. The average Bonchev–Trinajstić information content (AvgIpc) is 3.05. The predicted molar refractivity (Wildman–Crippen MR) is 89.9 cm³/mol. The molecule has 24 heavy (non-hydrogen) atoms. The van der Waals surface area contributed by atoms with Crippen molar-refractivity contribution in [2.75, 3.05) is 12.5 Å². The van der Waals surface area contributed by atoms with E-state index in [1.807, 2.05) is 30.3 Å². The normalized spacial score (nSPS) is 12.3. The van der Waals surface area contributed by atoms with Gasteiger partial charge < -0.3 is 20.5 Å². The SMILES string of the molecule is Nc1nc2cc3c(cc2cc1C(=O)NCc1ccccc1)OCO3. The van der Waals surface area contributed by atoms with E-state index in [0.717, 1.165) is 10.9 Å². The summed E-state index contributed by atoms with van der Waals surface area (Å²) in [5.41, 5.74) is 7.98. The number of rotatable bonds is 3. The van der Waals surface area contributed by atoms with Crippen molar-refractivity contribution in [2.24, 2.45) is 0 Å². The summed E-state index contributed by atoms with van der Waals surface area (Å²) in [5.74, 6) is 1.20. The molecule has 6 heteroatoms. The summed E-state index contributed by atoms with van der Waals surface area (Å²) in [6.45, 7) is 0.615. The van der Waals surface area contributed by atoms with Gasteiger partial charge in [-0.2, -0.15) is 0 Å². The Labute approximate surface area is 138 Å². The van der Waals surface area contributed by atoms with Gasteiger partial charge in [0.25, 0.3) is 5.91 Å². The van der Waals surface area contributed by atoms with Gasteiger partial charge in [0, 0.05) is 18.0 Å². The minimum Gasteiger partial charge on any atom is -0.454 e. The molecule has 1 aliphatic heterocycles. The molecule has 4 rings (SSSR count). The number of carbonyl (C=O) groups excluding carboxylic acids is 1. The van der Waals surface area contributed by atoms with Crippen molar-refractivity contribution in [1.29, 1.82) is 0 Å². The zero-order valence-electron chi connectivity index (χ0n) is 12.8. The van der Waals surface area contributed by atoms with Crippen molar-refractivity contribution >= 4 is 22.6 Å². The largest absolute Gasteiger partial charge is 0.454 e. The summed E-state index contributed by atoms with van der Waals surface area (Å²) < 4.78 is 10.7. The van der Waals surface area contributed by atoms with Gasteiger partial charge in [-0.15, -0.1) is 0 Å². The van der Waals surface area contributed by atoms with E-state index in [-0.39, 0.29) is 18.5 Å². The first-order chi connectivity index (χ1) is 11.7. The van der Waals surface area contributed by atoms with Gasteiger partial charge in [0.05, 0.1) is 11.1 Å². The number of benzene rings is 2. The minimum atomic E-state index is -0.261. The first kappa shape index (κ1) is 14.3. The summed E-state index contributed by atoms with van der Waals surface area (Å²) in [7, 11) is 0. The third-order valence-corrected chi connectivity index (χ3v) is 3.88. The van der Waals surface area contributed by atoms with E-state index in [1.54, 1.807) is 18.2 Å². The number of aromatic nitrogens is 1. The lowest BCUT2D eigenvalue weighted by molar-refractivity contribution is 0.0951. The van der Waals surface area contributed by atoms with E-state index in [1.165, 1.54) is 0 Å². The third kappa shape index (κ3) is 2.58. The summed E-state index contributed by atoms with van der Waals surface area (Å²) in [6.07, 6.45) is 0. The number of anilines is 1. The van der Waals surface area contributed by atoms with E-state index in [4.69, 9.17) is 15.2 Å². The van der Waals surface area contributed by atoms with Crippen molar-refractivity contribution in [1.82, 2.24) is 10.3 Å². The lowest BCUT2D eigenvalue weighted by Crippen LogP contribution is -2.24. The molecule has 0 aliphatic carbocycles. The molecular formula is C18H15N3O3. The predicted octanol–water partition coefficient (Wildman–Crippen LogP) is 2.48. The maximum absolute atomic E-state index is 12.4. The molecule has 0 bridgehead atoms. The third-order valence-electron chi connectivity index (χ3n) is 3.88. The van der Waals surface area contributed by atoms with Crippen LogP contribution < -0.4 is 20.5 Å². The fourth-order valence-electron chi connectivity index (χ4n) is 2.63. The van der Waals surface area contributed by atoms with E-state index in [9.17, 15) is 4.79 Å². The number of amides is 1. The topological polar surface area (TPSA) is 86.5 Å². The molecule has 0 fully saturated rings. The molecule has 0 radical (unpaired) electrons. The summed E-state index contributed by atoms with van der Waals surface area (Å²) in [4.78, 5) is 16.7. The highest BCUT2D eigenvalue weighted by Crippen LogP contribution is 2.36. The molecule has 3 aromatic rings. The number of hydrogen-bond acceptors (Lipinski definition) is 5. The summed E-state index contributed by atoms with van der Waals surface area (Å²) in [5, 5.41) is 3.63. The Hall–Kier alpha value is -3.28. The number of fused-ring (bicyclic) bond motifs is 2. The zero-order chi connectivity index (χ0) is 16.5. The number of ether oxygens (including phenoxy) is 2. The quantitative estimate of drug-likeness (QED) is 0.774. The van der Waals surface area contributed by atoms with Gasteiger partial charge in [-0.1, -0.05) is 30.3 Å². The van der Waals surface area contributed by atoms with Crippen molar-refractivity contribution in [2.45, 2.75) is 6.54 Å². The van der Waals surface area contributed by atoms with Crippen LogP contribution in [0.5, 0.6) is 11.5 Å². The first-order valence-electron chi connectivity index (χ1n) is 7.53. The van der Waals surface area contributed by atoms with Crippen molar-refractivity contribution < 1.29 is 14.3 Å². The standard InChI is InChI=1S/C18H15N3O3/c19-17-13(18(22)20-9-11-4-2-1-3-5-11)6-12-7-15-16(24-10-23-15)8-14(12)21-17/h1-8H,9-10H2,(H2,19,21)(H,20,22). The van der Waals surface area contributed by atoms with Crippen LogP contribution in [-0.4, -0.2) is 17.7 Å². The second kappa shape index (κ2) is 5.73. The molecule has 1 aromatic heterocycles. The van der Waals surface area contributed by atoms with Crippen LogP contribution in [0.1, 0.15) is 15.9 Å². The van der Waals surface area contributed by atoms with Crippen LogP contribution >= 0.6 is 0 Å². The van der Waals surface area contributed by atoms with Crippen LogP contribution in [0, 0.1) is 0 Å². The maximum Gasteiger partial charge on any atom is 0.255 e. The molecule has 0 saturated carbocycles. The van der Waals surface area contributed by atoms with Crippen LogP contribution in [0.25, 0.3) is 10.9 Å². The lowest BCUT2D eigenvalue weighted by atomic mass is 10.1. The van der Waals surface area contributed by atoms with Gasteiger partial charge in [-0.25, -0.2) is 4.98 Å². The minimum absolute atomic E-state index is 0.186. The highest BCUT2D eigenvalue weighted by atomic mass is 16.7. The molecule has 0 atom stereocenters. The van der Waals surface area contributed by atoms with Gasteiger partial charge in [-0.05, 0) is 17.7 Å². The Balaban J connectivity index is 1.62. The van der Waals surface area contributed by atoms with Crippen LogP contribution in [0.3, 0.4) is 0 Å². The monoisotopic (exact) mass is 321 g/mol. The van der Waals surface area contributed by atoms with Crippen LogP contribution in [0.4, 0.5) is 5.82 Å². The Morgan fingerprint density at radius 3 is 2.67 bits per heavy atom. The second-order valence-corrected chi connectivity index (χ2v) is 5.49. The number of pyridine rings is 1. The zero-order valence-corrected chi connectivity index (χ0v) is 12.8. The molecular weight excluding hydrogens is 306 g/mol. The molecule has 3 N–H and O–H groups in total. The van der Waals surface area contributed by atoms with Crippen molar-refractivity contribution in [3.63, 3.8) is 0 Å². The van der Waals surface area contributed by atoms with E-state index < -0.39 is 0 Å². The molecule has 120 valence electrons. The van der Waals surface area contributed by atoms with Gasteiger partial charge in [-0.3, -0.25) is 4.79 Å². The number of nitrogens with one attached hydrogen (secondary N) is 1. The lowest BCUT2D eigenvalue weighted by Gasteiger charge is -2.09. The van der Waals surface area contributed by atoms with E-state index >= 15 is 0 Å². The molecule has 1 aliphatic rings. The Kier molecular flexibility index (Phi) is 3.42. The molecule has 1 amide bonds. The molecule has 6 nitrogen and oxygen atoms in total. The fraction of sp³-hybridized carbons (Fsp3) is 0.111. The molecule has 0 saturated heterocycles. The molecule has 0 spiro atoms. The number of hydrogen-bond donors (Lipinski definition) is 2. The van der Waals surface area contributed by atoms with Gasteiger partial charge in [0.1, 0.15) is 5.82 Å². The van der Waals surface area contributed by atoms with Crippen LogP contribution in [-0.2, 0) is 6.54 Å². The van der Waals surface area contributed by atoms with Crippen molar-refractivity contribution in [3.8, 4) is 11.5 Å². The van der Waals surface area contributed by atoms with Crippen LogP contribution in [0.2, 0.25) is 0 Å². The number of nitrogens with zero attached hydrogens (tertiary/aromatic N) is 1. The summed E-state index contributed by atoms with van der Waals surface area (Å²) in [6, 6.07) is 15.0. The summed E-state index contributed by atoms with van der Waals surface area (Å²) >= 11 is 0. The van der Waals surface area contributed by atoms with Gasteiger partial charge >= 0.3 is 0 Å². The van der Waals surface area contributed by atoms with Crippen molar-refractivity contribution in [3.05, 3.63) is 59.7 Å². The number of carbonyl (C=O) groups is 1. The van der Waals surface area contributed by atoms with E-state index in [2.05, 4.69) is 10.3 Å².